The molecule has 0 bridgehead atoms. The summed E-state index contributed by atoms with van der Waals surface area (Å²) in [5, 5.41) is 0. The van der Waals surface area contributed by atoms with E-state index in [9.17, 15) is 0 Å². The highest BCUT2D eigenvalue weighted by atomic mass is 16.5. The minimum atomic E-state index is 0.188. The summed E-state index contributed by atoms with van der Waals surface area (Å²) in [7, 11) is 1.74. The lowest BCUT2D eigenvalue weighted by Crippen LogP contribution is -2.18. The van der Waals surface area contributed by atoms with Gasteiger partial charge in [-0.25, -0.2) is 0 Å². The molecule has 0 aliphatic heterocycles. The molecule has 1 aromatic heterocycles. The molecule has 20 heavy (non-hydrogen) atoms. The summed E-state index contributed by atoms with van der Waals surface area (Å²) in [6.45, 7) is 2.79. The highest BCUT2D eigenvalue weighted by Crippen LogP contribution is 2.33. The second kappa shape index (κ2) is 5.43. The van der Waals surface area contributed by atoms with Gasteiger partial charge in [0.15, 0.2) is 0 Å². The molecule has 1 aliphatic carbocycles. The first-order valence-corrected chi connectivity index (χ1v) is 7.26. The van der Waals surface area contributed by atoms with Gasteiger partial charge in [0.1, 0.15) is 0 Å². The first-order valence-electron chi connectivity index (χ1n) is 7.26. The fraction of sp³-hybridized carbons (Fsp3) is 0.412. The number of nitrogens with two attached hydrogens (primary N) is 1. The zero-order chi connectivity index (χ0) is 14.1. The van der Waals surface area contributed by atoms with Gasteiger partial charge in [-0.3, -0.25) is 0 Å². The molecule has 1 heterocycles. The number of benzene rings is 1. The van der Waals surface area contributed by atoms with E-state index in [-0.39, 0.29) is 6.04 Å². The first kappa shape index (κ1) is 13.4. The second-order valence-corrected chi connectivity index (χ2v) is 5.58. The third-order valence-electron chi connectivity index (χ3n) is 4.18. The monoisotopic (exact) mass is 270 g/mol. The third kappa shape index (κ3) is 2.17. The Bertz CT molecular complexity index is 615. The van der Waals surface area contributed by atoms with E-state index in [4.69, 9.17) is 10.5 Å². The fourth-order valence-electron chi connectivity index (χ4n) is 3.28. The van der Waals surface area contributed by atoms with Crippen LogP contribution < -0.4 is 5.73 Å². The molecule has 1 aliphatic rings. The lowest BCUT2D eigenvalue weighted by atomic mass is 9.93. The summed E-state index contributed by atoms with van der Waals surface area (Å²) in [6.07, 6.45) is 3.37. The van der Waals surface area contributed by atoms with E-state index in [0.717, 1.165) is 12.8 Å². The highest BCUT2D eigenvalue weighted by Gasteiger charge is 2.23. The summed E-state index contributed by atoms with van der Waals surface area (Å²) >= 11 is 0. The molecule has 0 spiro atoms. The molecule has 106 valence electrons. The molecule has 0 amide bonds. The zero-order valence-corrected chi connectivity index (χ0v) is 12.2. The number of fused-ring (bicyclic) bond motifs is 1. The summed E-state index contributed by atoms with van der Waals surface area (Å²) in [5.41, 5.74) is 12.7. The average Bonchev–Trinajstić information content (AvgIpc) is 2.78. The standard InChI is InChI=1S/C17H22N2O/c1-12-10-14-15(18)7-5-9-17(14)19(12)16-8-4-3-6-13(16)11-20-2/h3-4,6,8,10,15H,5,7,9,11,18H2,1-2H3. The van der Waals surface area contributed by atoms with Crippen molar-refractivity contribution in [1.29, 1.82) is 0 Å². The second-order valence-electron chi connectivity index (χ2n) is 5.58. The number of hydrogen-bond donors (Lipinski definition) is 1. The molecule has 3 nitrogen and oxygen atoms in total. The molecule has 0 saturated heterocycles. The number of ether oxygens (including phenoxy) is 1. The van der Waals surface area contributed by atoms with E-state index in [2.05, 4.69) is 41.8 Å². The predicted molar refractivity (Wildman–Crippen MR) is 81.1 cm³/mol. The van der Waals surface area contributed by atoms with Crippen molar-refractivity contribution in [2.75, 3.05) is 7.11 Å². The summed E-state index contributed by atoms with van der Waals surface area (Å²) in [4.78, 5) is 0. The molecule has 0 fully saturated rings. The van der Waals surface area contributed by atoms with Gasteiger partial charge in [-0.2, -0.15) is 0 Å². The minimum Gasteiger partial charge on any atom is -0.380 e. The van der Waals surface area contributed by atoms with Gasteiger partial charge in [-0.1, -0.05) is 18.2 Å². The van der Waals surface area contributed by atoms with Crippen molar-refractivity contribution in [3.05, 3.63) is 52.8 Å². The Morgan fingerprint density at radius 3 is 2.95 bits per heavy atom. The number of hydrogen-bond acceptors (Lipinski definition) is 2. The molecule has 1 unspecified atom stereocenters. The molecule has 0 radical (unpaired) electrons. The Hall–Kier alpha value is -1.58. The Morgan fingerprint density at radius 1 is 1.35 bits per heavy atom. The van der Waals surface area contributed by atoms with Gasteiger partial charge in [0.05, 0.1) is 12.3 Å². The minimum absolute atomic E-state index is 0.188. The number of para-hydroxylation sites is 1. The Morgan fingerprint density at radius 2 is 2.15 bits per heavy atom. The van der Waals surface area contributed by atoms with Gasteiger partial charge in [-0.05, 0) is 43.9 Å². The maximum absolute atomic E-state index is 6.27. The smallest absolute Gasteiger partial charge is 0.0733 e. The Balaban J connectivity index is 2.16. The van der Waals surface area contributed by atoms with E-state index in [1.165, 1.54) is 34.6 Å². The highest BCUT2D eigenvalue weighted by molar-refractivity contribution is 5.48. The fourth-order valence-corrected chi connectivity index (χ4v) is 3.28. The molecule has 1 atom stereocenters. The van der Waals surface area contributed by atoms with Gasteiger partial charge in [0.2, 0.25) is 0 Å². The Labute approximate surface area is 120 Å². The van der Waals surface area contributed by atoms with Crippen LogP contribution in [0.2, 0.25) is 0 Å². The number of aromatic nitrogens is 1. The molecule has 2 N–H and O–H groups in total. The van der Waals surface area contributed by atoms with Crippen LogP contribution in [0.3, 0.4) is 0 Å². The molecular weight excluding hydrogens is 248 g/mol. The first-order chi connectivity index (χ1) is 9.72. The predicted octanol–water partition coefficient (Wildman–Crippen LogP) is 3.27. The Kier molecular flexibility index (Phi) is 3.64. The molecule has 0 saturated carbocycles. The van der Waals surface area contributed by atoms with Crippen LogP contribution in [0.4, 0.5) is 0 Å². The average molecular weight is 270 g/mol. The van der Waals surface area contributed by atoms with E-state index in [1.807, 2.05) is 0 Å². The van der Waals surface area contributed by atoms with Crippen molar-refractivity contribution < 1.29 is 4.74 Å². The molecule has 3 heteroatoms. The van der Waals surface area contributed by atoms with Crippen molar-refractivity contribution in [3.8, 4) is 5.69 Å². The van der Waals surface area contributed by atoms with Crippen molar-refractivity contribution >= 4 is 0 Å². The van der Waals surface area contributed by atoms with Crippen LogP contribution in [0.15, 0.2) is 30.3 Å². The van der Waals surface area contributed by atoms with Gasteiger partial charge in [0, 0.05) is 30.1 Å². The van der Waals surface area contributed by atoms with Crippen LogP contribution in [0.5, 0.6) is 0 Å². The van der Waals surface area contributed by atoms with Gasteiger partial charge < -0.3 is 15.0 Å². The van der Waals surface area contributed by atoms with Crippen LogP contribution in [-0.2, 0) is 17.8 Å². The molecule has 1 aromatic carbocycles. The maximum atomic E-state index is 6.27. The maximum Gasteiger partial charge on any atom is 0.0733 e. The number of nitrogens with zero attached hydrogens (tertiary/aromatic N) is 1. The topological polar surface area (TPSA) is 40.2 Å². The number of rotatable bonds is 3. The van der Waals surface area contributed by atoms with Crippen molar-refractivity contribution in [3.63, 3.8) is 0 Å². The van der Waals surface area contributed by atoms with Crippen molar-refractivity contribution in [2.24, 2.45) is 5.73 Å². The SMILES string of the molecule is COCc1ccccc1-n1c(C)cc2c1CCCC2N. The largest absolute Gasteiger partial charge is 0.380 e. The van der Waals surface area contributed by atoms with E-state index in [1.54, 1.807) is 7.11 Å². The van der Waals surface area contributed by atoms with Crippen LogP contribution >= 0.6 is 0 Å². The van der Waals surface area contributed by atoms with Gasteiger partial charge in [0.25, 0.3) is 0 Å². The van der Waals surface area contributed by atoms with E-state index in [0.29, 0.717) is 6.61 Å². The number of aryl methyl sites for hydroxylation is 1. The third-order valence-corrected chi connectivity index (χ3v) is 4.18. The van der Waals surface area contributed by atoms with Gasteiger partial charge in [-0.15, -0.1) is 0 Å². The van der Waals surface area contributed by atoms with Gasteiger partial charge >= 0.3 is 0 Å². The quantitative estimate of drug-likeness (QED) is 0.930. The van der Waals surface area contributed by atoms with Crippen molar-refractivity contribution in [1.82, 2.24) is 4.57 Å². The lowest BCUT2D eigenvalue weighted by molar-refractivity contribution is 0.184. The lowest BCUT2D eigenvalue weighted by Gasteiger charge is -2.22. The molecule has 3 rings (SSSR count). The normalized spacial score (nSPS) is 18.1. The molecule has 2 aromatic rings. The van der Waals surface area contributed by atoms with Crippen LogP contribution in [-0.4, -0.2) is 11.7 Å². The van der Waals surface area contributed by atoms with E-state index < -0.39 is 0 Å². The van der Waals surface area contributed by atoms with Crippen LogP contribution in [0, 0.1) is 6.92 Å². The van der Waals surface area contributed by atoms with Crippen LogP contribution in [0.1, 0.15) is 41.4 Å². The zero-order valence-electron chi connectivity index (χ0n) is 12.2. The summed E-state index contributed by atoms with van der Waals surface area (Å²) < 4.78 is 7.70. The summed E-state index contributed by atoms with van der Waals surface area (Å²) in [5.74, 6) is 0. The number of methoxy groups -OCH3 is 1. The van der Waals surface area contributed by atoms with Crippen molar-refractivity contribution in [2.45, 2.75) is 38.8 Å². The summed E-state index contributed by atoms with van der Waals surface area (Å²) in [6, 6.07) is 10.9. The molecular formula is C17H22N2O. The van der Waals surface area contributed by atoms with E-state index >= 15 is 0 Å². The van der Waals surface area contributed by atoms with Crippen LogP contribution in [0.25, 0.3) is 5.69 Å².